The molecule has 2 rings (SSSR count). The van der Waals surface area contributed by atoms with Crippen molar-refractivity contribution in [3.05, 3.63) is 34.9 Å². The molecule has 0 aliphatic heterocycles. The highest BCUT2D eigenvalue weighted by atomic mass is 16.4. The minimum absolute atomic E-state index is 0.112. The molecule has 0 radical (unpaired) electrons. The molecule has 108 valence electrons. The zero-order chi connectivity index (χ0) is 14.8. The number of carbonyl (C=O) groups is 2. The number of carboxylic acids is 1. The van der Waals surface area contributed by atoms with Gasteiger partial charge in [-0.15, -0.1) is 0 Å². The Bertz CT molecular complexity index is 533. The lowest BCUT2D eigenvalue weighted by atomic mass is 9.66. The van der Waals surface area contributed by atoms with Gasteiger partial charge >= 0.3 is 5.97 Å². The summed E-state index contributed by atoms with van der Waals surface area (Å²) in [7, 11) is 0. The number of benzene rings is 1. The third-order valence-electron chi connectivity index (χ3n) is 4.19. The van der Waals surface area contributed by atoms with E-state index in [1.54, 1.807) is 0 Å². The summed E-state index contributed by atoms with van der Waals surface area (Å²) in [6.45, 7) is 4.36. The Morgan fingerprint density at radius 3 is 2.50 bits per heavy atom. The minimum Gasteiger partial charge on any atom is -0.481 e. The fourth-order valence-corrected chi connectivity index (χ4v) is 2.84. The van der Waals surface area contributed by atoms with Crippen LogP contribution in [0.15, 0.2) is 18.2 Å². The van der Waals surface area contributed by atoms with Crippen molar-refractivity contribution in [2.75, 3.05) is 6.54 Å². The number of hydrogen-bond donors (Lipinski definition) is 2. The predicted octanol–water partition coefficient (Wildman–Crippen LogP) is 2.68. The maximum Gasteiger partial charge on any atom is 0.303 e. The van der Waals surface area contributed by atoms with Crippen LogP contribution >= 0.6 is 0 Å². The maximum absolute atomic E-state index is 12.2. The zero-order valence-electron chi connectivity index (χ0n) is 12.0. The average Bonchev–Trinajstić information content (AvgIpc) is 2.31. The van der Waals surface area contributed by atoms with Crippen LogP contribution in [0.2, 0.25) is 0 Å². The molecule has 1 amide bonds. The van der Waals surface area contributed by atoms with E-state index in [0.29, 0.717) is 12.1 Å². The molecule has 0 aromatic heterocycles. The third-order valence-corrected chi connectivity index (χ3v) is 4.19. The second kappa shape index (κ2) is 5.65. The number of carbonyl (C=O) groups excluding carboxylic acids is 1. The highest BCUT2D eigenvalue weighted by molar-refractivity contribution is 5.95. The first-order valence-electron chi connectivity index (χ1n) is 6.99. The standard InChI is InChI=1S/C16H21NO3/c1-11-4-5-13(12(2)8-11)15(20)17-10-16(6-3-7-16)9-14(18)19/h4-5,8H,3,6-7,9-10H2,1-2H3,(H,17,20)(H,18,19). The molecular weight excluding hydrogens is 254 g/mol. The van der Waals surface area contributed by atoms with Crippen LogP contribution in [-0.2, 0) is 4.79 Å². The van der Waals surface area contributed by atoms with E-state index in [1.165, 1.54) is 0 Å². The number of nitrogens with one attached hydrogen (secondary N) is 1. The van der Waals surface area contributed by atoms with E-state index in [-0.39, 0.29) is 17.7 Å². The molecule has 1 aliphatic rings. The SMILES string of the molecule is Cc1ccc(C(=O)NCC2(CC(=O)O)CCC2)c(C)c1. The number of aliphatic carboxylic acids is 1. The Hall–Kier alpha value is -1.84. The number of aryl methyl sites for hydroxylation is 2. The normalized spacial score (nSPS) is 16.3. The Kier molecular flexibility index (Phi) is 4.12. The van der Waals surface area contributed by atoms with Crippen LogP contribution in [-0.4, -0.2) is 23.5 Å². The van der Waals surface area contributed by atoms with Gasteiger partial charge in [0.1, 0.15) is 0 Å². The Labute approximate surface area is 119 Å². The van der Waals surface area contributed by atoms with Crippen molar-refractivity contribution in [1.82, 2.24) is 5.32 Å². The van der Waals surface area contributed by atoms with Crippen LogP contribution in [0.3, 0.4) is 0 Å². The Morgan fingerprint density at radius 1 is 1.30 bits per heavy atom. The first kappa shape index (κ1) is 14.6. The van der Waals surface area contributed by atoms with E-state index in [4.69, 9.17) is 5.11 Å². The molecule has 0 spiro atoms. The van der Waals surface area contributed by atoms with Crippen molar-refractivity contribution >= 4 is 11.9 Å². The largest absolute Gasteiger partial charge is 0.481 e. The Balaban J connectivity index is 1.99. The number of carboxylic acid groups (broad SMARTS) is 1. The summed E-state index contributed by atoms with van der Waals surface area (Å²) in [4.78, 5) is 23.1. The van der Waals surface area contributed by atoms with Crippen LogP contribution in [0.4, 0.5) is 0 Å². The summed E-state index contributed by atoms with van der Waals surface area (Å²) in [6, 6.07) is 5.72. The van der Waals surface area contributed by atoms with Crippen molar-refractivity contribution < 1.29 is 14.7 Å². The fraction of sp³-hybridized carbons (Fsp3) is 0.500. The quantitative estimate of drug-likeness (QED) is 0.868. The van der Waals surface area contributed by atoms with Gasteiger partial charge in [-0.25, -0.2) is 0 Å². The van der Waals surface area contributed by atoms with Crippen LogP contribution in [0, 0.1) is 19.3 Å². The molecular formula is C16H21NO3. The van der Waals surface area contributed by atoms with Crippen LogP contribution < -0.4 is 5.32 Å². The molecule has 0 heterocycles. The fourth-order valence-electron chi connectivity index (χ4n) is 2.84. The first-order chi connectivity index (χ1) is 9.42. The minimum atomic E-state index is -0.787. The van der Waals surface area contributed by atoms with E-state index >= 15 is 0 Å². The topological polar surface area (TPSA) is 66.4 Å². The van der Waals surface area contributed by atoms with E-state index in [0.717, 1.165) is 30.4 Å². The molecule has 0 unspecified atom stereocenters. The van der Waals surface area contributed by atoms with Crippen LogP contribution in [0.25, 0.3) is 0 Å². The summed E-state index contributed by atoms with van der Waals surface area (Å²) in [5.74, 6) is -0.898. The molecule has 4 nitrogen and oxygen atoms in total. The molecule has 1 fully saturated rings. The lowest BCUT2D eigenvalue weighted by Gasteiger charge is -2.40. The van der Waals surface area contributed by atoms with Gasteiger partial charge in [-0.3, -0.25) is 9.59 Å². The smallest absolute Gasteiger partial charge is 0.303 e. The van der Waals surface area contributed by atoms with E-state index in [1.807, 2.05) is 32.0 Å². The van der Waals surface area contributed by atoms with Gasteiger partial charge in [0.25, 0.3) is 5.91 Å². The molecule has 1 aromatic rings. The molecule has 4 heteroatoms. The number of rotatable bonds is 5. The number of amides is 1. The van der Waals surface area contributed by atoms with Crippen LogP contribution in [0.1, 0.15) is 47.2 Å². The summed E-state index contributed by atoms with van der Waals surface area (Å²) >= 11 is 0. The van der Waals surface area contributed by atoms with Crippen molar-refractivity contribution in [2.24, 2.45) is 5.41 Å². The van der Waals surface area contributed by atoms with Crippen molar-refractivity contribution in [2.45, 2.75) is 39.5 Å². The van der Waals surface area contributed by atoms with Gasteiger partial charge in [0.05, 0.1) is 6.42 Å². The molecule has 2 N–H and O–H groups in total. The summed E-state index contributed by atoms with van der Waals surface area (Å²) < 4.78 is 0. The summed E-state index contributed by atoms with van der Waals surface area (Å²) in [6.07, 6.45) is 2.95. The number of hydrogen-bond acceptors (Lipinski definition) is 2. The van der Waals surface area contributed by atoms with Crippen molar-refractivity contribution in [1.29, 1.82) is 0 Å². The van der Waals surface area contributed by atoms with Gasteiger partial charge in [-0.1, -0.05) is 24.1 Å². The van der Waals surface area contributed by atoms with E-state index < -0.39 is 5.97 Å². The van der Waals surface area contributed by atoms with Gasteiger partial charge < -0.3 is 10.4 Å². The van der Waals surface area contributed by atoms with Gasteiger partial charge in [-0.2, -0.15) is 0 Å². The molecule has 1 aliphatic carbocycles. The summed E-state index contributed by atoms with van der Waals surface area (Å²) in [5, 5.41) is 11.9. The zero-order valence-corrected chi connectivity index (χ0v) is 12.0. The van der Waals surface area contributed by atoms with E-state index in [9.17, 15) is 9.59 Å². The highest BCUT2D eigenvalue weighted by Gasteiger charge is 2.39. The second-order valence-electron chi connectivity index (χ2n) is 5.93. The molecule has 0 atom stereocenters. The Morgan fingerprint density at radius 2 is 2.00 bits per heavy atom. The third kappa shape index (κ3) is 3.18. The van der Waals surface area contributed by atoms with Crippen LogP contribution in [0.5, 0.6) is 0 Å². The van der Waals surface area contributed by atoms with Crippen molar-refractivity contribution in [3.63, 3.8) is 0 Å². The summed E-state index contributed by atoms with van der Waals surface area (Å²) in [5.41, 5.74) is 2.50. The van der Waals surface area contributed by atoms with Gasteiger partial charge in [0.2, 0.25) is 0 Å². The monoisotopic (exact) mass is 275 g/mol. The average molecular weight is 275 g/mol. The van der Waals surface area contributed by atoms with E-state index in [2.05, 4.69) is 5.32 Å². The second-order valence-corrected chi connectivity index (χ2v) is 5.93. The van der Waals surface area contributed by atoms with Gasteiger partial charge in [-0.05, 0) is 43.7 Å². The van der Waals surface area contributed by atoms with Crippen molar-refractivity contribution in [3.8, 4) is 0 Å². The molecule has 1 aromatic carbocycles. The highest BCUT2D eigenvalue weighted by Crippen LogP contribution is 2.43. The predicted molar refractivity (Wildman–Crippen MR) is 76.8 cm³/mol. The lowest BCUT2D eigenvalue weighted by Crippen LogP contribution is -2.43. The molecule has 0 saturated heterocycles. The molecule has 0 bridgehead atoms. The van der Waals surface area contributed by atoms with Gasteiger partial charge in [0.15, 0.2) is 0 Å². The van der Waals surface area contributed by atoms with Gasteiger partial charge in [0, 0.05) is 12.1 Å². The molecule has 20 heavy (non-hydrogen) atoms. The molecule has 1 saturated carbocycles. The maximum atomic E-state index is 12.2. The first-order valence-corrected chi connectivity index (χ1v) is 6.99. The lowest BCUT2D eigenvalue weighted by molar-refractivity contribution is -0.141.